The summed E-state index contributed by atoms with van der Waals surface area (Å²) in [5.74, 6) is -0.390. The molecule has 0 radical (unpaired) electrons. The molecular formula is C28H28N4O3. The van der Waals surface area contributed by atoms with Crippen LogP contribution >= 0.6 is 0 Å². The number of amides is 2. The van der Waals surface area contributed by atoms with Crippen molar-refractivity contribution < 1.29 is 14.0 Å². The average molecular weight is 469 g/mol. The number of piperidine rings is 1. The number of para-hydroxylation sites is 3. The first-order valence-corrected chi connectivity index (χ1v) is 12.0. The lowest BCUT2D eigenvalue weighted by Gasteiger charge is -2.30. The Balaban J connectivity index is 1.16. The molecule has 1 aromatic heterocycles. The van der Waals surface area contributed by atoms with Gasteiger partial charge in [0.2, 0.25) is 5.91 Å². The molecule has 4 aromatic rings. The Kier molecular flexibility index (Phi) is 6.75. The quantitative estimate of drug-likeness (QED) is 0.412. The number of benzene rings is 3. The number of carbonyl (C=O) groups is 2. The number of fused-ring (bicyclic) bond motifs is 1. The first kappa shape index (κ1) is 22.7. The number of oxazole rings is 1. The zero-order valence-electron chi connectivity index (χ0n) is 19.4. The number of nitrogens with zero attached hydrogens (tertiary/aromatic N) is 2. The van der Waals surface area contributed by atoms with Crippen LogP contribution in [0.4, 0.5) is 11.7 Å². The minimum atomic E-state index is -0.192. The minimum Gasteiger partial charge on any atom is -0.423 e. The van der Waals surface area contributed by atoms with Gasteiger partial charge < -0.3 is 20.0 Å². The van der Waals surface area contributed by atoms with E-state index < -0.39 is 0 Å². The van der Waals surface area contributed by atoms with Crippen LogP contribution in [0.1, 0.15) is 28.8 Å². The van der Waals surface area contributed by atoms with Crippen LogP contribution in [0.25, 0.3) is 11.1 Å². The molecule has 0 unspecified atom stereocenters. The van der Waals surface area contributed by atoms with Crippen molar-refractivity contribution in [1.82, 2.24) is 10.3 Å². The van der Waals surface area contributed by atoms with Crippen molar-refractivity contribution in [2.75, 3.05) is 29.9 Å². The van der Waals surface area contributed by atoms with E-state index in [-0.39, 0.29) is 17.7 Å². The molecule has 5 rings (SSSR count). The maximum atomic E-state index is 13.0. The fourth-order valence-corrected chi connectivity index (χ4v) is 4.41. The van der Waals surface area contributed by atoms with Crippen LogP contribution in [0.15, 0.2) is 83.3 Å². The Morgan fingerprint density at radius 3 is 2.43 bits per heavy atom. The van der Waals surface area contributed by atoms with Crippen LogP contribution < -0.4 is 15.5 Å². The van der Waals surface area contributed by atoms with E-state index in [0.717, 1.165) is 17.5 Å². The van der Waals surface area contributed by atoms with Crippen molar-refractivity contribution in [3.63, 3.8) is 0 Å². The SMILES string of the molecule is O=C(NCCc1ccccc1)c1ccccc1NC(=O)C1CCN(c2nc3ccccc3o2)CC1. The molecule has 0 bridgehead atoms. The molecule has 1 fully saturated rings. The summed E-state index contributed by atoms with van der Waals surface area (Å²) in [7, 11) is 0. The van der Waals surface area contributed by atoms with Gasteiger partial charge >= 0.3 is 0 Å². The lowest BCUT2D eigenvalue weighted by Crippen LogP contribution is -2.38. The topological polar surface area (TPSA) is 87.5 Å². The van der Waals surface area contributed by atoms with Crippen molar-refractivity contribution in [3.8, 4) is 0 Å². The van der Waals surface area contributed by atoms with Crippen LogP contribution in [0.2, 0.25) is 0 Å². The third-order valence-electron chi connectivity index (χ3n) is 6.39. The molecule has 35 heavy (non-hydrogen) atoms. The van der Waals surface area contributed by atoms with E-state index in [1.165, 1.54) is 5.56 Å². The molecule has 1 aliphatic rings. The second-order valence-corrected chi connectivity index (χ2v) is 8.75. The third kappa shape index (κ3) is 5.35. The molecule has 2 amide bonds. The van der Waals surface area contributed by atoms with Crippen LogP contribution in [-0.4, -0.2) is 36.4 Å². The Bertz CT molecular complexity index is 1280. The number of hydrogen-bond acceptors (Lipinski definition) is 5. The monoisotopic (exact) mass is 468 g/mol. The molecule has 2 N–H and O–H groups in total. The highest BCUT2D eigenvalue weighted by atomic mass is 16.4. The van der Waals surface area contributed by atoms with Gasteiger partial charge in [-0.25, -0.2) is 0 Å². The van der Waals surface area contributed by atoms with Crippen molar-refractivity contribution in [3.05, 3.63) is 90.0 Å². The normalized spacial score (nSPS) is 14.1. The van der Waals surface area contributed by atoms with Gasteiger partial charge in [0.1, 0.15) is 5.52 Å². The standard InChI is InChI=1S/C28H28N4O3/c33-26(21-15-18-32(19-16-21)28-31-24-12-6-7-13-25(24)35-28)30-23-11-5-4-10-22(23)27(34)29-17-14-20-8-2-1-3-9-20/h1-13,21H,14-19H2,(H,29,34)(H,30,33). The largest absolute Gasteiger partial charge is 0.423 e. The van der Waals surface area contributed by atoms with Gasteiger partial charge in [0, 0.05) is 25.6 Å². The Morgan fingerprint density at radius 2 is 1.63 bits per heavy atom. The highest BCUT2D eigenvalue weighted by Gasteiger charge is 2.28. The summed E-state index contributed by atoms with van der Waals surface area (Å²) in [5.41, 5.74) is 3.77. The molecule has 7 nitrogen and oxygen atoms in total. The van der Waals surface area contributed by atoms with Crippen molar-refractivity contribution in [2.45, 2.75) is 19.3 Å². The zero-order valence-corrected chi connectivity index (χ0v) is 19.4. The summed E-state index contributed by atoms with van der Waals surface area (Å²) in [5, 5.41) is 5.95. The van der Waals surface area contributed by atoms with Crippen molar-refractivity contribution >= 4 is 34.6 Å². The maximum absolute atomic E-state index is 13.0. The number of nitrogens with one attached hydrogen (secondary N) is 2. The van der Waals surface area contributed by atoms with E-state index in [0.29, 0.717) is 49.7 Å². The number of carbonyl (C=O) groups excluding carboxylic acids is 2. The molecule has 0 spiro atoms. The van der Waals surface area contributed by atoms with Gasteiger partial charge in [0.05, 0.1) is 11.3 Å². The van der Waals surface area contributed by atoms with E-state index >= 15 is 0 Å². The molecule has 7 heteroatoms. The molecule has 1 saturated heterocycles. The predicted molar refractivity (Wildman–Crippen MR) is 136 cm³/mol. The first-order chi connectivity index (χ1) is 17.2. The molecule has 0 saturated carbocycles. The highest BCUT2D eigenvalue weighted by molar-refractivity contribution is 6.04. The lowest BCUT2D eigenvalue weighted by molar-refractivity contribution is -0.120. The maximum Gasteiger partial charge on any atom is 0.298 e. The predicted octanol–water partition coefficient (Wildman–Crippen LogP) is 4.66. The molecule has 2 heterocycles. The molecule has 178 valence electrons. The third-order valence-corrected chi connectivity index (χ3v) is 6.39. The van der Waals surface area contributed by atoms with E-state index in [4.69, 9.17) is 4.42 Å². The van der Waals surface area contributed by atoms with E-state index in [9.17, 15) is 9.59 Å². The lowest BCUT2D eigenvalue weighted by atomic mass is 9.96. The number of hydrogen-bond donors (Lipinski definition) is 2. The number of aromatic nitrogens is 1. The summed E-state index contributed by atoms with van der Waals surface area (Å²) in [4.78, 5) is 32.5. The Hall–Kier alpha value is -4.13. The van der Waals surface area contributed by atoms with Gasteiger partial charge in [-0.05, 0) is 49.1 Å². The zero-order chi connectivity index (χ0) is 24.0. The smallest absolute Gasteiger partial charge is 0.298 e. The highest BCUT2D eigenvalue weighted by Crippen LogP contribution is 2.27. The van der Waals surface area contributed by atoms with Gasteiger partial charge in [0.25, 0.3) is 11.9 Å². The summed E-state index contributed by atoms with van der Waals surface area (Å²) in [6.45, 7) is 1.90. The summed E-state index contributed by atoms with van der Waals surface area (Å²) >= 11 is 0. The van der Waals surface area contributed by atoms with Crippen LogP contribution in [-0.2, 0) is 11.2 Å². The van der Waals surface area contributed by atoms with Gasteiger partial charge in [-0.15, -0.1) is 0 Å². The molecule has 3 aromatic carbocycles. The van der Waals surface area contributed by atoms with Crippen LogP contribution in [0, 0.1) is 5.92 Å². The second kappa shape index (κ2) is 10.4. The van der Waals surface area contributed by atoms with Gasteiger partial charge in [0.15, 0.2) is 5.58 Å². The minimum absolute atomic E-state index is 0.0632. The molecule has 1 aliphatic heterocycles. The molecule has 0 atom stereocenters. The number of rotatable bonds is 7. The Morgan fingerprint density at radius 1 is 0.914 bits per heavy atom. The summed E-state index contributed by atoms with van der Waals surface area (Å²) < 4.78 is 5.87. The molecular weight excluding hydrogens is 440 g/mol. The van der Waals surface area contributed by atoms with E-state index in [1.54, 1.807) is 18.2 Å². The first-order valence-electron chi connectivity index (χ1n) is 12.0. The van der Waals surface area contributed by atoms with Gasteiger partial charge in [-0.3, -0.25) is 9.59 Å². The number of anilines is 2. The van der Waals surface area contributed by atoms with E-state index in [2.05, 4.69) is 20.5 Å². The van der Waals surface area contributed by atoms with Gasteiger partial charge in [-0.1, -0.05) is 54.6 Å². The second-order valence-electron chi connectivity index (χ2n) is 8.75. The van der Waals surface area contributed by atoms with Crippen LogP contribution in [0.3, 0.4) is 0 Å². The van der Waals surface area contributed by atoms with Crippen molar-refractivity contribution in [1.29, 1.82) is 0 Å². The average Bonchev–Trinajstić information content (AvgIpc) is 3.34. The van der Waals surface area contributed by atoms with E-state index in [1.807, 2.05) is 60.7 Å². The van der Waals surface area contributed by atoms with Gasteiger partial charge in [-0.2, -0.15) is 4.98 Å². The van der Waals surface area contributed by atoms with Crippen molar-refractivity contribution in [2.24, 2.45) is 5.92 Å². The summed E-state index contributed by atoms with van der Waals surface area (Å²) in [6, 6.07) is 25.5. The Labute approximate surface area is 204 Å². The fraction of sp³-hybridized carbons (Fsp3) is 0.250. The van der Waals surface area contributed by atoms with Crippen LogP contribution in [0.5, 0.6) is 0 Å². The molecule has 0 aliphatic carbocycles. The summed E-state index contributed by atoms with van der Waals surface area (Å²) in [6.07, 6.45) is 2.13. The fourth-order valence-electron chi connectivity index (χ4n) is 4.41.